The summed E-state index contributed by atoms with van der Waals surface area (Å²) in [6.07, 6.45) is 2.51. The second kappa shape index (κ2) is 3.61. The molecule has 0 radical (unpaired) electrons. The fourth-order valence-electron chi connectivity index (χ4n) is 1.43. The highest BCUT2D eigenvalue weighted by atomic mass is 32.1. The van der Waals surface area contributed by atoms with Gasteiger partial charge in [-0.3, -0.25) is 0 Å². The maximum absolute atomic E-state index is 5.83. The molecule has 0 aromatic carbocycles. The first-order chi connectivity index (χ1) is 6.68. The van der Waals surface area contributed by atoms with Gasteiger partial charge in [0.15, 0.2) is 0 Å². The molecule has 0 bridgehead atoms. The highest BCUT2D eigenvalue weighted by molar-refractivity contribution is 7.10. The van der Waals surface area contributed by atoms with Crippen LogP contribution in [0.15, 0.2) is 12.2 Å². The first-order valence-corrected chi connectivity index (χ1v) is 5.59. The molecular weight excluding hydrogens is 194 g/mol. The molecule has 1 fully saturated rings. The van der Waals surface area contributed by atoms with E-state index in [2.05, 4.69) is 16.3 Å². The Balaban J connectivity index is 2.12. The van der Waals surface area contributed by atoms with Crippen LogP contribution in [0.4, 0.5) is 10.8 Å². The molecule has 76 valence electrons. The van der Waals surface area contributed by atoms with Crippen LogP contribution in [0, 0.1) is 0 Å². The average molecular weight is 209 g/mol. The van der Waals surface area contributed by atoms with Gasteiger partial charge in [0.2, 0.25) is 0 Å². The molecule has 14 heavy (non-hydrogen) atoms. The summed E-state index contributed by atoms with van der Waals surface area (Å²) in [5.74, 6) is 1.36. The van der Waals surface area contributed by atoms with Crippen molar-refractivity contribution in [3.8, 4) is 0 Å². The van der Waals surface area contributed by atoms with Gasteiger partial charge in [-0.2, -0.15) is 4.37 Å². The fraction of sp³-hybridized carbons (Fsp3) is 0.500. The Morgan fingerprint density at radius 2 is 2.43 bits per heavy atom. The minimum Gasteiger partial charge on any atom is -0.383 e. The molecule has 1 saturated carbocycles. The molecule has 0 saturated heterocycles. The summed E-state index contributed by atoms with van der Waals surface area (Å²) in [4.78, 5) is 0. The molecule has 2 rings (SSSR count). The Labute approximate surface area is 88.2 Å². The molecule has 0 spiro atoms. The Morgan fingerprint density at radius 1 is 1.71 bits per heavy atom. The number of nitrogens with zero attached hydrogens (tertiary/aromatic N) is 1. The molecule has 1 aromatic heterocycles. The number of aromatic nitrogens is 1. The smallest absolute Gasteiger partial charge is 0.142 e. The third-order valence-corrected chi connectivity index (χ3v) is 3.13. The average Bonchev–Trinajstić information content (AvgIpc) is 2.88. The molecule has 1 aliphatic rings. The normalized spacial score (nSPS) is 15.5. The molecule has 1 heterocycles. The maximum atomic E-state index is 5.83. The summed E-state index contributed by atoms with van der Waals surface area (Å²) in [7, 11) is 0. The van der Waals surface area contributed by atoms with E-state index in [1.165, 1.54) is 29.9 Å². The van der Waals surface area contributed by atoms with E-state index in [1.807, 2.05) is 6.92 Å². The summed E-state index contributed by atoms with van der Waals surface area (Å²) in [6, 6.07) is 0. The number of nitrogens with two attached hydrogens (primary N) is 1. The summed E-state index contributed by atoms with van der Waals surface area (Å²) < 4.78 is 4.18. The van der Waals surface area contributed by atoms with E-state index >= 15 is 0 Å². The van der Waals surface area contributed by atoms with Gasteiger partial charge in [-0.1, -0.05) is 12.2 Å². The second-order valence-electron chi connectivity index (χ2n) is 3.90. The first kappa shape index (κ1) is 9.52. The number of hydrogen-bond donors (Lipinski definition) is 2. The van der Waals surface area contributed by atoms with Gasteiger partial charge in [0.05, 0.1) is 0 Å². The highest BCUT2D eigenvalue weighted by Crippen LogP contribution is 2.47. The predicted octanol–water partition coefficient (Wildman–Crippen LogP) is 2.59. The van der Waals surface area contributed by atoms with Gasteiger partial charge in [0.25, 0.3) is 0 Å². The zero-order chi connectivity index (χ0) is 10.1. The van der Waals surface area contributed by atoms with Crippen molar-refractivity contribution < 1.29 is 0 Å². The van der Waals surface area contributed by atoms with Gasteiger partial charge in [-0.15, -0.1) is 0 Å². The van der Waals surface area contributed by atoms with Crippen LogP contribution in [0.3, 0.4) is 0 Å². The highest BCUT2D eigenvalue weighted by Gasteiger charge is 2.30. The van der Waals surface area contributed by atoms with E-state index in [4.69, 9.17) is 5.73 Å². The largest absolute Gasteiger partial charge is 0.383 e. The van der Waals surface area contributed by atoms with Crippen LogP contribution < -0.4 is 11.1 Å². The minimum atomic E-state index is 0.654. The standard InChI is InChI=1S/C10H15N3S/c1-6(2)5-12-10-8(7-3-4-7)9(11)13-14-10/h7,12H,1,3-5H2,2H3,(H2,11,13). The molecule has 4 heteroatoms. The van der Waals surface area contributed by atoms with Crippen molar-refractivity contribution in [2.24, 2.45) is 0 Å². The summed E-state index contributed by atoms with van der Waals surface area (Å²) in [6.45, 7) is 6.67. The Morgan fingerprint density at radius 3 is 3.00 bits per heavy atom. The van der Waals surface area contributed by atoms with E-state index < -0.39 is 0 Å². The molecule has 1 aliphatic carbocycles. The van der Waals surface area contributed by atoms with Gasteiger partial charge in [-0.05, 0) is 37.2 Å². The Bertz CT molecular complexity index is 352. The van der Waals surface area contributed by atoms with Crippen LogP contribution in [0.25, 0.3) is 0 Å². The first-order valence-electron chi connectivity index (χ1n) is 4.81. The van der Waals surface area contributed by atoms with Crippen LogP contribution >= 0.6 is 11.5 Å². The van der Waals surface area contributed by atoms with Crippen LogP contribution in [0.2, 0.25) is 0 Å². The van der Waals surface area contributed by atoms with Crippen LogP contribution in [0.5, 0.6) is 0 Å². The molecule has 3 N–H and O–H groups in total. The van der Waals surface area contributed by atoms with Crippen LogP contribution in [-0.2, 0) is 0 Å². The van der Waals surface area contributed by atoms with Crippen molar-refractivity contribution in [2.45, 2.75) is 25.7 Å². The van der Waals surface area contributed by atoms with Crippen molar-refractivity contribution in [2.75, 3.05) is 17.6 Å². The minimum absolute atomic E-state index is 0.654. The molecule has 0 unspecified atom stereocenters. The van der Waals surface area contributed by atoms with Gasteiger partial charge in [-0.25, -0.2) is 0 Å². The summed E-state index contributed by atoms with van der Waals surface area (Å²) in [5, 5.41) is 4.46. The number of nitrogens with one attached hydrogen (secondary N) is 1. The van der Waals surface area contributed by atoms with Gasteiger partial charge in [0.1, 0.15) is 10.8 Å². The lowest BCUT2D eigenvalue weighted by molar-refractivity contribution is 1.12. The zero-order valence-corrected chi connectivity index (χ0v) is 9.16. The maximum Gasteiger partial charge on any atom is 0.142 e. The van der Waals surface area contributed by atoms with E-state index in [0.717, 1.165) is 17.1 Å². The van der Waals surface area contributed by atoms with Crippen molar-refractivity contribution >= 4 is 22.4 Å². The Kier molecular flexibility index (Phi) is 2.46. The SMILES string of the molecule is C=C(C)CNc1snc(N)c1C1CC1. The third kappa shape index (κ3) is 1.90. The zero-order valence-electron chi connectivity index (χ0n) is 8.34. The molecular formula is C10H15N3S. The number of nitrogen functional groups attached to an aromatic ring is 1. The van der Waals surface area contributed by atoms with Crippen LogP contribution in [0.1, 0.15) is 31.2 Å². The van der Waals surface area contributed by atoms with E-state index in [-0.39, 0.29) is 0 Å². The van der Waals surface area contributed by atoms with E-state index in [0.29, 0.717) is 11.7 Å². The van der Waals surface area contributed by atoms with Crippen molar-refractivity contribution in [1.82, 2.24) is 4.37 Å². The molecule has 1 aromatic rings. The van der Waals surface area contributed by atoms with E-state index in [1.54, 1.807) is 0 Å². The van der Waals surface area contributed by atoms with Crippen molar-refractivity contribution in [3.05, 3.63) is 17.7 Å². The number of rotatable bonds is 4. The lowest BCUT2D eigenvalue weighted by Crippen LogP contribution is -2.02. The van der Waals surface area contributed by atoms with Crippen molar-refractivity contribution in [1.29, 1.82) is 0 Å². The summed E-state index contributed by atoms with van der Waals surface area (Å²) in [5.41, 5.74) is 8.18. The number of hydrogen-bond acceptors (Lipinski definition) is 4. The van der Waals surface area contributed by atoms with E-state index in [9.17, 15) is 0 Å². The fourth-order valence-corrected chi connectivity index (χ4v) is 2.23. The molecule has 0 aliphatic heterocycles. The monoisotopic (exact) mass is 209 g/mol. The Hall–Kier alpha value is -1.03. The van der Waals surface area contributed by atoms with Gasteiger partial charge in [0, 0.05) is 12.1 Å². The second-order valence-corrected chi connectivity index (χ2v) is 4.67. The quantitative estimate of drug-likeness (QED) is 0.749. The predicted molar refractivity (Wildman–Crippen MR) is 61.8 cm³/mol. The topological polar surface area (TPSA) is 50.9 Å². The van der Waals surface area contributed by atoms with Crippen LogP contribution in [-0.4, -0.2) is 10.9 Å². The number of anilines is 2. The summed E-state index contributed by atoms with van der Waals surface area (Å²) >= 11 is 1.46. The molecule has 3 nitrogen and oxygen atoms in total. The molecule has 0 atom stereocenters. The van der Waals surface area contributed by atoms with Crippen molar-refractivity contribution in [3.63, 3.8) is 0 Å². The van der Waals surface area contributed by atoms with Gasteiger partial charge < -0.3 is 11.1 Å². The molecule has 0 amide bonds. The third-order valence-electron chi connectivity index (χ3n) is 2.29. The lowest BCUT2D eigenvalue weighted by Gasteiger charge is -2.05. The van der Waals surface area contributed by atoms with Gasteiger partial charge >= 0.3 is 0 Å². The lowest BCUT2D eigenvalue weighted by atomic mass is 10.2.